The maximum atomic E-state index is 14.7. The summed E-state index contributed by atoms with van der Waals surface area (Å²) in [4.78, 5) is 32.0. The van der Waals surface area contributed by atoms with Gasteiger partial charge in [0.05, 0.1) is 28.7 Å². The van der Waals surface area contributed by atoms with E-state index in [1.165, 1.54) is 21.8 Å². The first kappa shape index (κ1) is 20.4. The van der Waals surface area contributed by atoms with Crippen molar-refractivity contribution in [3.63, 3.8) is 0 Å². The summed E-state index contributed by atoms with van der Waals surface area (Å²) in [6, 6.07) is 16.2. The van der Waals surface area contributed by atoms with Crippen LogP contribution in [-0.2, 0) is 11.2 Å². The second kappa shape index (κ2) is 7.38. The summed E-state index contributed by atoms with van der Waals surface area (Å²) >= 11 is 0. The van der Waals surface area contributed by atoms with Crippen molar-refractivity contribution < 1.29 is 9.18 Å². The van der Waals surface area contributed by atoms with Gasteiger partial charge in [0.25, 0.3) is 11.5 Å². The van der Waals surface area contributed by atoms with E-state index in [1.54, 1.807) is 19.2 Å². The predicted molar refractivity (Wildman–Crippen MR) is 129 cm³/mol. The molecule has 0 saturated carbocycles. The third-order valence-electron chi connectivity index (χ3n) is 6.48. The summed E-state index contributed by atoms with van der Waals surface area (Å²) in [6.07, 6.45) is 5.14. The minimum absolute atomic E-state index is 0.145. The molecule has 0 bridgehead atoms. The summed E-state index contributed by atoms with van der Waals surface area (Å²) in [5.74, 6) is -0.728. The molecule has 1 aliphatic carbocycles. The average Bonchev–Trinajstić information content (AvgIpc) is 3.09. The van der Waals surface area contributed by atoms with Gasteiger partial charge in [0.15, 0.2) is 0 Å². The van der Waals surface area contributed by atoms with Gasteiger partial charge >= 0.3 is 0 Å². The van der Waals surface area contributed by atoms with Gasteiger partial charge in [0, 0.05) is 11.3 Å². The number of amides is 1. The Morgan fingerprint density at radius 2 is 1.79 bits per heavy atom. The first-order valence-electron chi connectivity index (χ1n) is 11.2. The Bertz CT molecular complexity index is 1630. The zero-order valence-corrected chi connectivity index (χ0v) is 18.7. The molecule has 2 aromatic heterocycles. The highest BCUT2D eigenvalue weighted by Crippen LogP contribution is 2.37. The zero-order valence-electron chi connectivity index (χ0n) is 18.7. The number of nitrogens with zero attached hydrogens (tertiary/aromatic N) is 4. The van der Waals surface area contributed by atoms with Crippen molar-refractivity contribution in [2.75, 3.05) is 5.01 Å². The molecule has 0 N–H and O–H groups in total. The van der Waals surface area contributed by atoms with Crippen LogP contribution in [0.4, 0.5) is 4.39 Å². The highest BCUT2D eigenvalue weighted by atomic mass is 19.1. The summed E-state index contributed by atoms with van der Waals surface area (Å²) in [5, 5.41) is 1.14. The Balaban J connectivity index is 1.70. The van der Waals surface area contributed by atoms with Gasteiger partial charge in [-0.2, -0.15) is 4.68 Å². The predicted octanol–water partition coefficient (Wildman–Crippen LogP) is 4.31. The molecule has 1 aliphatic heterocycles. The molecule has 0 fully saturated rings. The van der Waals surface area contributed by atoms with Crippen molar-refractivity contribution in [3.05, 3.63) is 111 Å². The number of hydrogen-bond acceptors (Lipinski definition) is 3. The van der Waals surface area contributed by atoms with Gasteiger partial charge < -0.3 is 4.57 Å². The van der Waals surface area contributed by atoms with Crippen molar-refractivity contribution in [3.8, 4) is 0 Å². The van der Waals surface area contributed by atoms with Crippen LogP contribution < -0.4 is 10.6 Å². The van der Waals surface area contributed by atoms with E-state index in [0.717, 1.165) is 41.1 Å². The highest BCUT2D eigenvalue weighted by molar-refractivity contribution is 6.26. The Morgan fingerprint density at radius 1 is 1.00 bits per heavy atom. The Kier molecular flexibility index (Phi) is 4.42. The lowest BCUT2D eigenvalue weighted by molar-refractivity contribution is -0.114. The smallest absolute Gasteiger partial charge is 0.283 e. The van der Waals surface area contributed by atoms with Crippen LogP contribution in [0.5, 0.6) is 0 Å². The second-order valence-corrected chi connectivity index (χ2v) is 8.59. The van der Waals surface area contributed by atoms with Gasteiger partial charge in [-0.15, -0.1) is 0 Å². The summed E-state index contributed by atoms with van der Waals surface area (Å²) in [7, 11) is 0. The van der Waals surface area contributed by atoms with E-state index in [9.17, 15) is 14.0 Å². The molecule has 7 heteroatoms. The Hall–Kier alpha value is -4.26. The number of aromatic nitrogens is 3. The number of carbonyl (C=O) groups is 1. The molecule has 34 heavy (non-hydrogen) atoms. The Labute approximate surface area is 194 Å². The quantitative estimate of drug-likeness (QED) is 0.456. The van der Waals surface area contributed by atoms with E-state index in [0.29, 0.717) is 11.4 Å². The van der Waals surface area contributed by atoms with Crippen molar-refractivity contribution in [2.45, 2.75) is 26.7 Å². The maximum Gasteiger partial charge on any atom is 0.283 e. The fourth-order valence-electron chi connectivity index (χ4n) is 5.02. The SMILES string of the molecule is Cc1cc2c3n1C(c1ccccc1)=CN(n1c(C)nc4cccc(F)c4c1=O)C(=O)C3=CCC2. The molecule has 0 saturated heterocycles. The van der Waals surface area contributed by atoms with Crippen LogP contribution in [0.1, 0.15) is 34.8 Å². The topological polar surface area (TPSA) is 60.1 Å². The van der Waals surface area contributed by atoms with Crippen LogP contribution in [-0.4, -0.2) is 20.1 Å². The number of allylic oxidation sites excluding steroid dienone is 1. The minimum atomic E-state index is -0.667. The third-order valence-corrected chi connectivity index (χ3v) is 6.48. The zero-order chi connectivity index (χ0) is 23.6. The summed E-state index contributed by atoms with van der Waals surface area (Å²) < 4.78 is 17.9. The van der Waals surface area contributed by atoms with E-state index in [4.69, 9.17) is 0 Å². The molecule has 168 valence electrons. The fraction of sp³-hybridized carbons (Fsp3) is 0.148. The van der Waals surface area contributed by atoms with Crippen molar-refractivity contribution >= 4 is 28.1 Å². The molecule has 0 unspecified atom stereocenters. The van der Waals surface area contributed by atoms with E-state index in [-0.39, 0.29) is 16.8 Å². The lowest BCUT2D eigenvalue weighted by atomic mass is 9.96. The Morgan fingerprint density at radius 3 is 2.59 bits per heavy atom. The molecule has 4 aromatic rings. The number of fused-ring (bicyclic) bond motifs is 1. The molecule has 0 atom stereocenters. The maximum absolute atomic E-state index is 14.7. The summed E-state index contributed by atoms with van der Waals surface area (Å²) in [5.41, 5.74) is 4.73. The van der Waals surface area contributed by atoms with Gasteiger partial charge in [-0.25, -0.2) is 14.4 Å². The number of rotatable bonds is 2. The molecule has 6 rings (SSSR count). The number of aryl methyl sites for hydroxylation is 3. The standard InChI is InChI=1S/C27H21FN4O2/c1-16-14-19-10-6-11-20-25(19)31(16)23(18-8-4-3-5-9-18)15-30(26(20)33)32-17(2)29-22-13-7-12-21(28)24(22)27(32)34/h3-5,7-9,11-15H,6,10H2,1-2H3. The number of hydrogen-bond donors (Lipinski definition) is 0. The van der Waals surface area contributed by atoms with Crippen LogP contribution in [0.15, 0.2) is 71.7 Å². The lowest BCUT2D eigenvalue weighted by Gasteiger charge is -2.23. The van der Waals surface area contributed by atoms with Crippen LogP contribution in [0.3, 0.4) is 0 Å². The van der Waals surface area contributed by atoms with Gasteiger partial charge in [-0.1, -0.05) is 42.5 Å². The average molecular weight is 452 g/mol. The monoisotopic (exact) mass is 452 g/mol. The second-order valence-electron chi connectivity index (χ2n) is 8.59. The molecule has 0 radical (unpaired) electrons. The molecule has 1 amide bonds. The summed E-state index contributed by atoms with van der Waals surface area (Å²) in [6.45, 7) is 3.66. The van der Waals surface area contributed by atoms with Crippen molar-refractivity contribution in [1.29, 1.82) is 0 Å². The van der Waals surface area contributed by atoms with Gasteiger partial charge in [0.1, 0.15) is 17.0 Å². The molecule has 6 nitrogen and oxygen atoms in total. The number of benzene rings is 2. The van der Waals surface area contributed by atoms with Crippen LogP contribution >= 0.6 is 0 Å². The van der Waals surface area contributed by atoms with Crippen LogP contribution in [0, 0.1) is 19.7 Å². The lowest BCUT2D eigenvalue weighted by Crippen LogP contribution is -2.45. The van der Waals surface area contributed by atoms with Crippen molar-refractivity contribution in [1.82, 2.24) is 14.2 Å². The molecule has 0 spiro atoms. The minimum Gasteiger partial charge on any atom is -0.311 e. The fourth-order valence-corrected chi connectivity index (χ4v) is 5.02. The molecular formula is C27H21FN4O2. The number of halogens is 1. The van der Waals surface area contributed by atoms with E-state index < -0.39 is 11.4 Å². The molecule has 2 aromatic carbocycles. The van der Waals surface area contributed by atoms with E-state index in [1.807, 2.05) is 43.3 Å². The number of carbonyl (C=O) groups excluding carboxylic acids is 1. The third kappa shape index (κ3) is 2.83. The first-order chi connectivity index (χ1) is 16.5. The van der Waals surface area contributed by atoms with Crippen LogP contribution in [0.2, 0.25) is 0 Å². The van der Waals surface area contributed by atoms with Crippen molar-refractivity contribution in [2.24, 2.45) is 0 Å². The first-order valence-corrected chi connectivity index (χ1v) is 11.2. The van der Waals surface area contributed by atoms with Gasteiger partial charge in [0.2, 0.25) is 0 Å². The molecule has 2 aliphatic rings. The largest absolute Gasteiger partial charge is 0.311 e. The molecule has 3 heterocycles. The van der Waals surface area contributed by atoms with E-state index >= 15 is 0 Å². The van der Waals surface area contributed by atoms with Gasteiger partial charge in [-0.3, -0.25) is 9.59 Å². The highest BCUT2D eigenvalue weighted by Gasteiger charge is 2.34. The molecular weight excluding hydrogens is 431 g/mol. The normalized spacial score (nSPS) is 15.1. The van der Waals surface area contributed by atoms with E-state index in [2.05, 4.69) is 15.6 Å². The van der Waals surface area contributed by atoms with Gasteiger partial charge in [-0.05, 0) is 50.5 Å². The van der Waals surface area contributed by atoms with Crippen LogP contribution in [0.25, 0.3) is 22.2 Å².